The summed E-state index contributed by atoms with van der Waals surface area (Å²) in [6.07, 6.45) is 0.261. The molecule has 24 heavy (non-hydrogen) atoms. The van der Waals surface area contributed by atoms with Gasteiger partial charge < -0.3 is 16.0 Å². The minimum Gasteiger partial charge on any atom is -0.368 e. The Kier molecular flexibility index (Phi) is 4.29. The molecule has 0 aromatic heterocycles. The molecule has 6 heteroatoms. The van der Waals surface area contributed by atoms with E-state index in [-0.39, 0.29) is 13.0 Å². The summed E-state index contributed by atoms with van der Waals surface area (Å²) in [7, 11) is 0. The molecule has 3 rings (SSSR count). The van der Waals surface area contributed by atoms with Gasteiger partial charge in [0.15, 0.2) is 0 Å². The topological polar surface area (TPSA) is 92.5 Å². The fourth-order valence-electron chi connectivity index (χ4n) is 2.80. The second kappa shape index (κ2) is 6.54. The first-order valence-corrected chi connectivity index (χ1v) is 7.59. The van der Waals surface area contributed by atoms with Crippen molar-refractivity contribution < 1.29 is 14.4 Å². The van der Waals surface area contributed by atoms with E-state index in [4.69, 9.17) is 5.73 Å². The largest absolute Gasteiger partial charge is 0.368 e. The van der Waals surface area contributed by atoms with E-state index < -0.39 is 23.8 Å². The molecule has 1 heterocycles. The Morgan fingerprint density at radius 1 is 1.08 bits per heavy atom. The molecular weight excluding hydrogens is 306 g/mol. The van der Waals surface area contributed by atoms with Crippen molar-refractivity contribution >= 4 is 23.4 Å². The number of anilines is 1. The van der Waals surface area contributed by atoms with E-state index in [0.29, 0.717) is 5.69 Å². The fourth-order valence-corrected chi connectivity index (χ4v) is 2.80. The van der Waals surface area contributed by atoms with Crippen molar-refractivity contribution in [2.75, 3.05) is 5.32 Å². The molecule has 1 aliphatic heterocycles. The van der Waals surface area contributed by atoms with Crippen LogP contribution in [0.1, 0.15) is 11.1 Å². The van der Waals surface area contributed by atoms with Crippen molar-refractivity contribution in [3.05, 3.63) is 65.7 Å². The van der Waals surface area contributed by atoms with Crippen LogP contribution < -0.4 is 11.1 Å². The van der Waals surface area contributed by atoms with Gasteiger partial charge >= 0.3 is 11.8 Å². The Labute approximate surface area is 139 Å². The average molecular weight is 323 g/mol. The first-order valence-electron chi connectivity index (χ1n) is 7.59. The molecule has 3 amide bonds. The number of nitrogens with one attached hydrogen (secondary N) is 1. The number of hydrogen-bond donors (Lipinski definition) is 2. The van der Waals surface area contributed by atoms with Gasteiger partial charge in [0.05, 0.1) is 0 Å². The van der Waals surface area contributed by atoms with E-state index in [9.17, 15) is 14.4 Å². The maximum Gasteiger partial charge on any atom is 0.313 e. The predicted octanol–water partition coefficient (Wildman–Crippen LogP) is 1.06. The Morgan fingerprint density at radius 2 is 1.75 bits per heavy atom. The summed E-state index contributed by atoms with van der Waals surface area (Å²) >= 11 is 0. The molecule has 2 aromatic rings. The third kappa shape index (κ3) is 3.12. The molecule has 0 unspecified atom stereocenters. The molecule has 122 valence electrons. The summed E-state index contributed by atoms with van der Waals surface area (Å²) in [4.78, 5) is 37.8. The van der Waals surface area contributed by atoms with Gasteiger partial charge in [0.2, 0.25) is 5.91 Å². The molecule has 0 spiro atoms. The van der Waals surface area contributed by atoms with Crippen molar-refractivity contribution in [1.29, 1.82) is 0 Å². The Morgan fingerprint density at radius 3 is 2.46 bits per heavy atom. The summed E-state index contributed by atoms with van der Waals surface area (Å²) in [5.41, 5.74) is 7.73. The van der Waals surface area contributed by atoms with E-state index >= 15 is 0 Å². The van der Waals surface area contributed by atoms with Crippen molar-refractivity contribution in [2.45, 2.75) is 19.0 Å². The standard InChI is InChI=1S/C18H17N3O3/c19-16(22)15(10-12-6-2-1-3-7-12)21-11-13-8-4-5-9-14(13)20-17(23)18(21)24/h1-9,15H,10-11H2,(H2,19,22)(H,20,23)/t15-/m0/s1. The number of benzene rings is 2. The molecule has 3 N–H and O–H groups in total. The number of carbonyl (C=O) groups is 3. The molecule has 0 bridgehead atoms. The lowest BCUT2D eigenvalue weighted by molar-refractivity contribution is -0.147. The van der Waals surface area contributed by atoms with E-state index in [1.807, 2.05) is 42.5 Å². The minimum atomic E-state index is -0.892. The first kappa shape index (κ1) is 15.7. The minimum absolute atomic E-state index is 0.147. The van der Waals surface area contributed by atoms with Gasteiger partial charge in [-0.2, -0.15) is 0 Å². The van der Waals surface area contributed by atoms with Crippen LogP contribution >= 0.6 is 0 Å². The molecular formula is C18H17N3O3. The number of amides is 3. The van der Waals surface area contributed by atoms with Crippen LogP contribution in [0.2, 0.25) is 0 Å². The zero-order chi connectivity index (χ0) is 17.1. The monoisotopic (exact) mass is 323 g/mol. The van der Waals surface area contributed by atoms with Gasteiger partial charge in [-0.1, -0.05) is 48.5 Å². The van der Waals surface area contributed by atoms with Gasteiger partial charge in [-0.3, -0.25) is 14.4 Å². The Bertz CT molecular complexity index is 789. The Hall–Kier alpha value is -3.15. The number of nitrogens with two attached hydrogens (primary N) is 1. The summed E-state index contributed by atoms with van der Waals surface area (Å²) in [5, 5.41) is 2.58. The number of hydrogen-bond acceptors (Lipinski definition) is 3. The molecule has 0 radical (unpaired) electrons. The molecule has 2 aromatic carbocycles. The average Bonchev–Trinajstić information content (AvgIpc) is 2.71. The lowest BCUT2D eigenvalue weighted by atomic mass is 10.0. The van der Waals surface area contributed by atoms with Gasteiger partial charge in [0.1, 0.15) is 6.04 Å². The molecule has 1 aliphatic rings. The van der Waals surface area contributed by atoms with Gasteiger partial charge in [-0.15, -0.1) is 0 Å². The van der Waals surface area contributed by atoms with Crippen LogP contribution in [0.15, 0.2) is 54.6 Å². The van der Waals surface area contributed by atoms with E-state index in [2.05, 4.69) is 5.32 Å². The van der Waals surface area contributed by atoms with E-state index in [1.54, 1.807) is 12.1 Å². The highest BCUT2D eigenvalue weighted by atomic mass is 16.2. The van der Waals surface area contributed by atoms with Crippen LogP contribution in [0.5, 0.6) is 0 Å². The second-order valence-corrected chi connectivity index (χ2v) is 5.65. The van der Waals surface area contributed by atoms with Crippen molar-refractivity contribution in [3.63, 3.8) is 0 Å². The third-order valence-electron chi connectivity index (χ3n) is 4.04. The summed E-state index contributed by atoms with van der Waals surface area (Å²) in [6, 6.07) is 15.5. The molecule has 0 saturated carbocycles. The second-order valence-electron chi connectivity index (χ2n) is 5.65. The van der Waals surface area contributed by atoms with Crippen LogP contribution in [0.25, 0.3) is 0 Å². The lowest BCUT2D eigenvalue weighted by Crippen LogP contribution is -2.50. The zero-order valence-electron chi connectivity index (χ0n) is 12.9. The number of rotatable bonds is 4. The summed E-state index contributed by atoms with van der Waals surface area (Å²) in [6.45, 7) is 0.147. The molecule has 0 aliphatic carbocycles. The van der Waals surface area contributed by atoms with Gasteiger partial charge in [-0.25, -0.2) is 0 Å². The Balaban J connectivity index is 1.95. The van der Waals surface area contributed by atoms with Crippen LogP contribution in [0.4, 0.5) is 5.69 Å². The number of primary amides is 1. The number of carbonyl (C=O) groups excluding carboxylic acids is 3. The fraction of sp³-hybridized carbons (Fsp3) is 0.167. The first-order chi connectivity index (χ1) is 11.6. The van der Waals surface area contributed by atoms with Gasteiger partial charge in [0.25, 0.3) is 0 Å². The molecule has 0 fully saturated rings. The quantitative estimate of drug-likeness (QED) is 0.824. The van der Waals surface area contributed by atoms with Gasteiger partial charge in [-0.05, 0) is 17.2 Å². The summed E-state index contributed by atoms with van der Waals surface area (Å²) < 4.78 is 0. The van der Waals surface area contributed by atoms with E-state index in [1.165, 1.54) is 4.90 Å². The van der Waals surface area contributed by atoms with Crippen LogP contribution in [-0.2, 0) is 27.3 Å². The smallest absolute Gasteiger partial charge is 0.313 e. The number of fused-ring (bicyclic) bond motifs is 1. The third-order valence-corrected chi connectivity index (χ3v) is 4.04. The highest BCUT2D eigenvalue weighted by Crippen LogP contribution is 2.23. The number of para-hydroxylation sites is 1. The molecule has 1 atom stereocenters. The highest BCUT2D eigenvalue weighted by molar-refractivity contribution is 6.40. The van der Waals surface area contributed by atoms with Crippen molar-refractivity contribution in [3.8, 4) is 0 Å². The molecule has 6 nitrogen and oxygen atoms in total. The SMILES string of the molecule is NC(=O)[C@H](Cc1ccccc1)N1Cc2ccccc2NC(=O)C1=O. The van der Waals surface area contributed by atoms with Crippen LogP contribution in [0, 0.1) is 0 Å². The lowest BCUT2D eigenvalue weighted by Gasteiger charge is -2.27. The van der Waals surface area contributed by atoms with Crippen molar-refractivity contribution in [1.82, 2.24) is 4.90 Å². The maximum atomic E-state index is 12.5. The number of nitrogens with zero attached hydrogens (tertiary/aromatic N) is 1. The van der Waals surface area contributed by atoms with Crippen LogP contribution in [-0.4, -0.2) is 28.7 Å². The maximum absolute atomic E-state index is 12.5. The normalized spacial score (nSPS) is 15.2. The van der Waals surface area contributed by atoms with Gasteiger partial charge in [0, 0.05) is 18.7 Å². The highest BCUT2D eigenvalue weighted by Gasteiger charge is 2.35. The zero-order valence-corrected chi connectivity index (χ0v) is 12.9. The van der Waals surface area contributed by atoms with E-state index in [0.717, 1.165) is 11.1 Å². The predicted molar refractivity (Wildman–Crippen MR) is 88.8 cm³/mol. The van der Waals surface area contributed by atoms with Crippen LogP contribution in [0.3, 0.4) is 0 Å². The van der Waals surface area contributed by atoms with Crippen molar-refractivity contribution in [2.24, 2.45) is 5.73 Å². The molecule has 0 saturated heterocycles. The summed E-state index contributed by atoms with van der Waals surface area (Å²) in [5.74, 6) is -2.16.